The maximum atomic E-state index is 9.47. The van der Waals surface area contributed by atoms with Crippen LogP contribution < -0.4 is 0 Å². The van der Waals surface area contributed by atoms with Crippen LogP contribution in [0.2, 0.25) is 0 Å². The summed E-state index contributed by atoms with van der Waals surface area (Å²) in [6, 6.07) is 2.62. The van der Waals surface area contributed by atoms with Crippen LogP contribution in [0.3, 0.4) is 0 Å². The summed E-state index contributed by atoms with van der Waals surface area (Å²) in [5, 5.41) is 9.47. The molecular formula is C14H21NO. The van der Waals surface area contributed by atoms with Crippen LogP contribution in [0.15, 0.2) is 0 Å². The van der Waals surface area contributed by atoms with Crippen LogP contribution in [0.5, 0.6) is 0 Å². The van der Waals surface area contributed by atoms with E-state index in [0.29, 0.717) is 0 Å². The molecule has 0 radical (unpaired) electrons. The van der Waals surface area contributed by atoms with Crippen molar-refractivity contribution in [3.63, 3.8) is 0 Å². The van der Waals surface area contributed by atoms with Gasteiger partial charge in [-0.3, -0.25) is 0 Å². The molecule has 88 valence electrons. The van der Waals surface area contributed by atoms with Crippen LogP contribution >= 0.6 is 0 Å². The molecule has 3 fully saturated rings. The number of rotatable bonds is 2. The second-order valence-electron chi connectivity index (χ2n) is 6.14. The zero-order valence-corrected chi connectivity index (χ0v) is 9.95. The van der Waals surface area contributed by atoms with Gasteiger partial charge in [0.1, 0.15) is 0 Å². The molecule has 2 heteroatoms. The fourth-order valence-corrected chi connectivity index (χ4v) is 4.25. The summed E-state index contributed by atoms with van der Waals surface area (Å²) in [5.74, 6) is 2.82. The molecule has 0 N–H and O–H groups in total. The Labute approximate surface area is 98.0 Å². The molecule has 3 unspecified atom stereocenters. The Hall–Kier alpha value is -0.550. The highest BCUT2D eigenvalue weighted by Gasteiger charge is 2.44. The molecule has 0 aromatic rings. The molecule has 3 atom stereocenters. The van der Waals surface area contributed by atoms with Crippen molar-refractivity contribution in [2.45, 2.75) is 44.9 Å². The lowest BCUT2D eigenvalue weighted by Gasteiger charge is -2.35. The highest BCUT2D eigenvalue weighted by molar-refractivity contribution is 5.04. The fourth-order valence-electron chi connectivity index (χ4n) is 4.25. The van der Waals surface area contributed by atoms with E-state index >= 15 is 0 Å². The van der Waals surface area contributed by atoms with E-state index in [1.54, 1.807) is 0 Å². The lowest BCUT2D eigenvalue weighted by molar-refractivity contribution is 0.0255. The Kier molecular flexibility index (Phi) is 2.67. The van der Waals surface area contributed by atoms with E-state index in [9.17, 15) is 5.26 Å². The smallest absolute Gasteiger partial charge is 0.0691 e. The molecule has 2 bridgehead atoms. The Morgan fingerprint density at radius 3 is 2.56 bits per heavy atom. The highest BCUT2D eigenvalue weighted by Crippen LogP contribution is 2.53. The van der Waals surface area contributed by atoms with Crippen LogP contribution in [-0.4, -0.2) is 13.2 Å². The van der Waals surface area contributed by atoms with Crippen molar-refractivity contribution in [3.05, 3.63) is 0 Å². The Balaban J connectivity index is 1.66. The standard InChI is InChI=1S/C14H21NO/c15-10-14(3-5-16-6-4-14)9-13-8-11-1-2-12(13)7-11/h11-13H,1-9H2. The summed E-state index contributed by atoms with van der Waals surface area (Å²) in [6.07, 6.45) is 8.87. The molecule has 0 aromatic heterocycles. The summed E-state index contributed by atoms with van der Waals surface area (Å²) in [5.41, 5.74) is -0.0343. The second kappa shape index (κ2) is 4.04. The largest absolute Gasteiger partial charge is 0.381 e. The first-order valence-electron chi connectivity index (χ1n) is 6.80. The van der Waals surface area contributed by atoms with Crippen LogP contribution in [-0.2, 0) is 4.74 Å². The summed E-state index contributed by atoms with van der Waals surface area (Å²) in [7, 11) is 0. The van der Waals surface area contributed by atoms with Gasteiger partial charge in [0.15, 0.2) is 0 Å². The fraction of sp³-hybridized carbons (Fsp3) is 0.929. The molecule has 3 aliphatic rings. The van der Waals surface area contributed by atoms with Crippen LogP contribution in [0, 0.1) is 34.5 Å². The molecule has 2 aliphatic carbocycles. The van der Waals surface area contributed by atoms with Gasteiger partial charge in [-0.2, -0.15) is 5.26 Å². The minimum absolute atomic E-state index is 0.0343. The van der Waals surface area contributed by atoms with Gasteiger partial charge in [-0.25, -0.2) is 0 Å². The van der Waals surface area contributed by atoms with Crippen LogP contribution in [0.25, 0.3) is 0 Å². The van der Waals surface area contributed by atoms with E-state index < -0.39 is 0 Å². The molecule has 1 heterocycles. The average molecular weight is 219 g/mol. The maximum Gasteiger partial charge on any atom is 0.0691 e. The molecular weight excluding hydrogens is 198 g/mol. The SMILES string of the molecule is N#CC1(CC2CC3CCC2C3)CCOCC1. The predicted molar refractivity (Wildman–Crippen MR) is 61.7 cm³/mol. The minimum Gasteiger partial charge on any atom is -0.381 e. The van der Waals surface area contributed by atoms with E-state index in [-0.39, 0.29) is 5.41 Å². The van der Waals surface area contributed by atoms with Gasteiger partial charge in [-0.1, -0.05) is 6.42 Å². The lowest BCUT2D eigenvalue weighted by atomic mass is 9.71. The molecule has 0 spiro atoms. The van der Waals surface area contributed by atoms with Gasteiger partial charge in [-0.05, 0) is 56.3 Å². The number of hydrogen-bond donors (Lipinski definition) is 0. The molecule has 0 aromatic carbocycles. The molecule has 16 heavy (non-hydrogen) atoms. The van der Waals surface area contributed by atoms with Gasteiger partial charge in [-0.15, -0.1) is 0 Å². The van der Waals surface area contributed by atoms with Crippen LogP contribution in [0.1, 0.15) is 44.9 Å². The lowest BCUT2D eigenvalue weighted by Crippen LogP contribution is -2.31. The van der Waals surface area contributed by atoms with E-state index in [1.807, 2.05) is 0 Å². The van der Waals surface area contributed by atoms with Crippen molar-refractivity contribution < 1.29 is 4.74 Å². The molecule has 3 rings (SSSR count). The van der Waals surface area contributed by atoms with E-state index in [1.165, 1.54) is 25.7 Å². The first-order chi connectivity index (χ1) is 7.81. The van der Waals surface area contributed by atoms with Crippen molar-refractivity contribution in [1.29, 1.82) is 5.26 Å². The van der Waals surface area contributed by atoms with Gasteiger partial charge in [0.05, 0.1) is 11.5 Å². The third-order valence-electron chi connectivity index (χ3n) is 5.22. The van der Waals surface area contributed by atoms with Gasteiger partial charge >= 0.3 is 0 Å². The third-order valence-corrected chi connectivity index (χ3v) is 5.22. The van der Waals surface area contributed by atoms with Crippen molar-refractivity contribution in [3.8, 4) is 6.07 Å². The van der Waals surface area contributed by atoms with Gasteiger partial charge in [0.25, 0.3) is 0 Å². The minimum atomic E-state index is -0.0343. The number of hydrogen-bond acceptors (Lipinski definition) is 2. The normalized spacial score (nSPS) is 40.8. The topological polar surface area (TPSA) is 33.0 Å². The van der Waals surface area contributed by atoms with E-state index in [2.05, 4.69) is 6.07 Å². The first kappa shape index (κ1) is 10.6. The molecule has 0 amide bonds. The van der Waals surface area contributed by atoms with E-state index in [0.717, 1.165) is 50.2 Å². The van der Waals surface area contributed by atoms with Crippen LogP contribution in [0.4, 0.5) is 0 Å². The third kappa shape index (κ3) is 1.76. The first-order valence-corrected chi connectivity index (χ1v) is 6.80. The Morgan fingerprint density at radius 2 is 2.00 bits per heavy atom. The number of nitriles is 1. The van der Waals surface area contributed by atoms with Gasteiger partial charge in [0.2, 0.25) is 0 Å². The van der Waals surface area contributed by atoms with Crippen molar-refractivity contribution >= 4 is 0 Å². The van der Waals surface area contributed by atoms with Crippen molar-refractivity contribution in [1.82, 2.24) is 0 Å². The highest BCUT2D eigenvalue weighted by atomic mass is 16.5. The second-order valence-corrected chi connectivity index (χ2v) is 6.14. The molecule has 2 nitrogen and oxygen atoms in total. The summed E-state index contributed by atoms with van der Waals surface area (Å²) >= 11 is 0. The molecule has 1 saturated heterocycles. The number of fused-ring (bicyclic) bond motifs is 2. The monoisotopic (exact) mass is 219 g/mol. The van der Waals surface area contributed by atoms with Crippen molar-refractivity contribution in [2.75, 3.05) is 13.2 Å². The van der Waals surface area contributed by atoms with Gasteiger partial charge in [0, 0.05) is 13.2 Å². The molecule has 2 saturated carbocycles. The number of nitrogens with zero attached hydrogens (tertiary/aromatic N) is 1. The zero-order chi connectivity index (χ0) is 11.0. The van der Waals surface area contributed by atoms with Gasteiger partial charge < -0.3 is 4.74 Å². The zero-order valence-electron chi connectivity index (χ0n) is 9.95. The number of ether oxygens (including phenoxy) is 1. The summed E-state index contributed by atoms with van der Waals surface area (Å²) in [6.45, 7) is 1.60. The predicted octanol–water partition coefficient (Wildman–Crippen LogP) is 3.13. The summed E-state index contributed by atoms with van der Waals surface area (Å²) < 4.78 is 5.40. The Bertz CT molecular complexity index is 300. The van der Waals surface area contributed by atoms with Crippen molar-refractivity contribution in [2.24, 2.45) is 23.2 Å². The maximum absolute atomic E-state index is 9.47. The quantitative estimate of drug-likeness (QED) is 0.714. The summed E-state index contributed by atoms with van der Waals surface area (Å²) in [4.78, 5) is 0. The average Bonchev–Trinajstić information content (AvgIpc) is 2.92. The van der Waals surface area contributed by atoms with E-state index in [4.69, 9.17) is 4.74 Å². The Morgan fingerprint density at radius 1 is 1.19 bits per heavy atom. The molecule has 1 aliphatic heterocycles.